The van der Waals surface area contributed by atoms with Gasteiger partial charge < -0.3 is 4.79 Å². The number of fused-ring (bicyclic) bond motifs is 1. The second-order valence-corrected chi connectivity index (χ2v) is 7.10. The summed E-state index contributed by atoms with van der Waals surface area (Å²) in [5.74, 6) is -0.607. The highest BCUT2D eigenvalue weighted by Crippen LogP contribution is 2.44. The van der Waals surface area contributed by atoms with Crippen molar-refractivity contribution in [2.24, 2.45) is 0 Å². The van der Waals surface area contributed by atoms with E-state index in [1.807, 2.05) is 24.3 Å². The Morgan fingerprint density at radius 1 is 1.12 bits per heavy atom. The lowest BCUT2D eigenvalue weighted by Gasteiger charge is -2.16. The molecule has 0 spiro atoms. The molecule has 0 aliphatic heterocycles. The van der Waals surface area contributed by atoms with Crippen LogP contribution in [0.2, 0.25) is 0 Å². The topological polar surface area (TPSA) is 47.8 Å². The molecule has 0 amide bonds. The summed E-state index contributed by atoms with van der Waals surface area (Å²) in [6.07, 6.45) is -1.82. The van der Waals surface area contributed by atoms with E-state index in [9.17, 15) is 18.0 Å². The Hall–Kier alpha value is -2.35. The molecule has 0 bridgehead atoms. The Bertz CT molecular complexity index is 979. The van der Waals surface area contributed by atoms with Gasteiger partial charge >= 0.3 is 6.18 Å². The molecule has 26 heavy (non-hydrogen) atoms. The molecular formula is C18H14F3N3OS. The minimum absolute atomic E-state index is 0.00802. The molecule has 0 unspecified atom stereocenters. The van der Waals surface area contributed by atoms with Gasteiger partial charge in [-0.2, -0.15) is 13.2 Å². The molecule has 1 saturated carbocycles. The van der Waals surface area contributed by atoms with Gasteiger partial charge in [0.2, 0.25) is 5.82 Å². The number of carbonyl (C=O) groups excluding carboxylic acids is 1. The fourth-order valence-corrected chi connectivity index (χ4v) is 3.75. The normalized spacial score (nSPS) is 14.7. The smallest absolute Gasteiger partial charge is 0.302 e. The third kappa shape index (κ3) is 2.98. The van der Waals surface area contributed by atoms with Gasteiger partial charge in [0.05, 0.1) is 11.4 Å². The van der Waals surface area contributed by atoms with Gasteiger partial charge in [0, 0.05) is 5.39 Å². The van der Waals surface area contributed by atoms with Crippen LogP contribution < -0.4 is 0 Å². The maximum Gasteiger partial charge on any atom is 0.452 e. The summed E-state index contributed by atoms with van der Waals surface area (Å²) < 4.78 is 41.5. The van der Waals surface area contributed by atoms with Gasteiger partial charge in [-0.05, 0) is 35.8 Å². The number of rotatable bonds is 5. The first-order chi connectivity index (χ1) is 12.5. The second-order valence-electron chi connectivity index (χ2n) is 6.11. The molecule has 134 valence electrons. The van der Waals surface area contributed by atoms with Crippen molar-refractivity contribution in [3.8, 4) is 5.69 Å². The zero-order valence-electron chi connectivity index (χ0n) is 13.5. The Balaban J connectivity index is 1.96. The van der Waals surface area contributed by atoms with Crippen LogP contribution in [0, 0.1) is 0 Å². The minimum atomic E-state index is -4.65. The molecule has 1 fully saturated rings. The van der Waals surface area contributed by atoms with Crippen LogP contribution in [0.4, 0.5) is 13.2 Å². The Morgan fingerprint density at radius 2 is 1.85 bits per heavy atom. The Labute approximate surface area is 151 Å². The number of hydrogen-bond donors (Lipinski definition) is 0. The molecule has 2 aromatic carbocycles. The minimum Gasteiger partial charge on any atom is -0.302 e. The van der Waals surface area contributed by atoms with Crippen molar-refractivity contribution in [1.29, 1.82) is 0 Å². The number of carbonyl (C=O) groups is 1. The molecule has 0 saturated heterocycles. The SMILES string of the molecule is O=CCSc1nnc(C(F)(F)F)n1-c1ccc(C2CC2)c2ccccc12. The van der Waals surface area contributed by atoms with E-state index in [-0.39, 0.29) is 10.9 Å². The van der Waals surface area contributed by atoms with E-state index < -0.39 is 12.0 Å². The summed E-state index contributed by atoms with van der Waals surface area (Å²) in [6, 6.07) is 11.0. The third-order valence-corrected chi connectivity index (χ3v) is 5.19. The average molecular weight is 377 g/mol. The number of halogens is 3. The average Bonchev–Trinajstić information content (AvgIpc) is 3.37. The van der Waals surface area contributed by atoms with Gasteiger partial charge in [0.15, 0.2) is 5.16 Å². The first kappa shape index (κ1) is 17.1. The Morgan fingerprint density at radius 3 is 2.50 bits per heavy atom. The Kier molecular flexibility index (Phi) is 4.22. The summed E-state index contributed by atoms with van der Waals surface area (Å²) in [6.45, 7) is 0. The van der Waals surface area contributed by atoms with E-state index in [1.54, 1.807) is 12.1 Å². The number of hydrogen-bond acceptors (Lipinski definition) is 4. The van der Waals surface area contributed by atoms with Crippen molar-refractivity contribution in [3.63, 3.8) is 0 Å². The van der Waals surface area contributed by atoms with Gasteiger partial charge in [-0.1, -0.05) is 42.1 Å². The lowest BCUT2D eigenvalue weighted by Crippen LogP contribution is -2.15. The molecule has 0 radical (unpaired) electrons. The van der Waals surface area contributed by atoms with Crippen LogP contribution in [0.3, 0.4) is 0 Å². The molecular weight excluding hydrogens is 363 g/mol. The number of thioether (sulfide) groups is 1. The van der Waals surface area contributed by atoms with E-state index in [0.717, 1.165) is 45.5 Å². The molecule has 4 nitrogen and oxygen atoms in total. The van der Waals surface area contributed by atoms with E-state index in [0.29, 0.717) is 17.9 Å². The maximum atomic E-state index is 13.5. The van der Waals surface area contributed by atoms with Gasteiger partial charge in [0.25, 0.3) is 0 Å². The lowest BCUT2D eigenvalue weighted by atomic mass is 9.99. The van der Waals surface area contributed by atoms with Crippen molar-refractivity contribution in [2.75, 3.05) is 5.75 Å². The fraction of sp³-hybridized carbons (Fsp3) is 0.278. The van der Waals surface area contributed by atoms with E-state index in [2.05, 4.69) is 10.2 Å². The van der Waals surface area contributed by atoms with Crippen LogP contribution in [0.5, 0.6) is 0 Å². The number of aromatic nitrogens is 3. The first-order valence-electron chi connectivity index (χ1n) is 8.11. The van der Waals surface area contributed by atoms with Gasteiger partial charge in [-0.3, -0.25) is 4.57 Å². The highest BCUT2D eigenvalue weighted by Gasteiger charge is 2.39. The zero-order valence-corrected chi connectivity index (χ0v) is 14.3. The highest BCUT2D eigenvalue weighted by molar-refractivity contribution is 7.99. The van der Waals surface area contributed by atoms with E-state index in [4.69, 9.17) is 0 Å². The molecule has 1 heterocycles. The third-order valence-electron chi connectivity index (χ3n) is 4.36. The summed E-state index contributed by atoms with van der Waals surface area (Å²) >= 11 is 0.932. The number of benzene rings is 2. The van der Waals surface area contributed by atoms with Crippen LogP contribution in [0.1, 0.15) is 30.1 Å². The highest BCUT2D eigenvalue weighted by atomic mass is 32.2. The summed E-state index contributed by atoms with van der Waals surface area (Å²) in [7, 11) is 0. The van der Waals surface area contributed by atoms with Crippen LogP contribution >= 0.6 is 11.8 Å². The van der Waals surface area contributed by atoms with E-state index in [1.165, 1.54) is 0 Å². The zero-order chi connectivity index (χ0) is 18.3. The fourth-order valence-electron chi connectivity index (χ4n) is 3.12. The largest absolute Gasteiger partial charge is 0.452 e. The molecule has 0 N–H and O–H groups in total. The predicted molar refractivity (Wildman–Crippen MR) is 92.6 cm³/mol. The first-order valence-corrected chi connectivity index (χ1v) is 9.10. The molecule has 8 heteroatoms. The number of aldehydes is 1. The van der Waals surface area contributed by atoms with Crippen LogP contribution in [-0.2, 0) is 11.0 Å². The molecule has 1 aliphatic rings. The summed E-state index contributed by atoms with van der Waals surface area (Å²) in [4.78, 5) is 10.7. The van der Waals surface area contributed by atoms with Crippen molar-refractivity contribution in [3.05, 3.63) is 47.8 Å². The molecule has 1 aromatic heterocycles. The maximum absolute atomic E-state index is 13.5. The van der Waals surface area contributed by atoms with Crippen molar-refractivity contribution in [1.82, 2.24) is 14.8 Å². The summed E-state index contributed by atoms with van der Waals surface area (Å²) in [5, 5.41) is 8.73. The number of nitrogens with zero attached hydrogens (tertiary/aromatic N) is 3. The standard InChI is InChI=1S/C18H14F3N3OS/c19-18(20,21)16-22-23-17(26-10-9-25)24(16)15-8-7-12(11-5-6-11)13-3-1-2-4-14(13)15/h1-4,7-9,11H,5-6,10H2. The molecule has 0 atom stereocenters. The van der Waals surface area contributed by atoms with Crippen molar-refractivity contribution in [2.45, 2.75) is 30.1 Å². The van der Waals surface area contributed by atoms with E-state index >= 15 is 0 Å². The molecule has 3 aromatic rings. The van der Waals surface area contributed by atoms with Gasteiger partial charge in [-0.25, -0.2) is 0 Å². The van der Waals surface area contributed by atoms with Gasteiger partial charge in [0.1, 0.15) is 6.29 Å². The van der Waals surface area contributed by atoms with Crippen molar-refractivity contribution < 1.29 is 18.0 Å². The lowest BCUT2D eigenvalue weighted by molar-refractivity contribution is -0.146. The molecule has 4 rings (SSSR count). The summed E-state index contributed by atoms with van der Waals surface area (Å²) in [5.41, 5.74) is 1.53. The van der Waals surface area contributed by atoms with Crippen LogP contribution in [0.15, 0.2) is 41.6 Å². The van der Waals surface area contributed by atoms with Crippen LogP contribution in [-0.4, -0.2) is 26.8 Å². The van der Waals surface area contributed by atoms with Crippen molar-refractivity contribution >= 4 is 28.8 Å². The quantitative estimate of drug-likeness (QED) is 0.481. The predicted octanol–water partition coefficient (Wildman–Crippen LogP) is 4.61. The van der Waals surface area contributed by atoms with Crippen LogP contribution in [0.25, 0.3) is 16.5 Å². The number of alkyl halides is 3. The second kappa shape index (κ2) is 6.42. The van der Waals surface area contributed by atoms with Gasteiger partial charge in [-0.15, -0.1) is 10.2 Å². The molecule has 1 aliphatic carbocycles. The monoisotopic (exact) mass is 377 g/mol.